The van der Waals surface area contributed by atoms with Crippen molar-refractivity contribution < 1.29 is 39.6 Å². The zero-order valence-electron chi connectivity index (χ0n) is 42.1. The summed E-state index contributed by atoms with van der Waals surface area (Å²) in [6.45, 7) is 2.72. The lowest BCUT2D eigenvalue weighted by Gasteiger charge is -2.58. The van der Waals surface area contributed by atoms with Gasteiger partial charge >= 0.3 is 11.9 Å². The summed E-state index contributed by atoms with van der Waals surface area (Å²) in [5.41, 5.74) is 0.305. The highest BCUT2D eigenvalue weighted by molar-refractivity contribution is 8.00. The molecule has 8 bridgehead atoms. The molecule has 72 heavy (non-hydrogen) atoms. The van der Waals surface area contributed by atoms with E-state index in [0.717, 1.165) is 131 Å². The van der Waals surface area contributed by atoms with Crippen LogP contribution in [-0.4, -0.2) is 114 Å². The first-order chi connectivity index (χ1) is 34.7. The van der Waals surface area contributed by atoms with E-state index in [0.29, 0.717) is 83.2 Å². The quantitative estimate of drug-likeness (QED) is 0.111. The molecule has 14 nitrogen and oxygen atoms in total. The topological polar surface area (TPSA) is 206 Å². The summed E-state index contributed by atoms with van der Waals surface area (Å²) >= 11 is 3.50. The van der Waals surface area contributed by atoms with Crippen molar-refractivity contribution in [3.05, 3.63) is 35.4 Å². The minimum absolute atomic E-state index is 0.0239. The molecule has 12 fully saturated rings. The predicted octanol–water partition coefficient (Wildman–Crippen LogP) is 8.95. The Morgan fingerprint density at radius 2 is 1.03 bits per heavy atom. The zero-order valence-corrected chi connectivity index (χ0v) is 43.7. The molecule has 0 radical (unpaired) electrons. The SMILES string of the molecule is O=C(N[C@H]1C2CC3CC1C[C@@](O)(C3)C2)c1ccc(N2CCC(C(=O)O)C2)nc1SC1CCCCC1.O=C(O)C[C@H]1CCCN(c2ccc(C(=O)N[C@H]3C4CC5CC3C[C@@](O)(C5)C4)c(SC3CCCCC3)n2)C1. The number of aliphatic hydroxyl groups is 2. The summed E-state index contributed by atoms with van der Waals surface area (Å²) in [5, 5.41) is 49.9. The first-order valence-electron chi connectivity index (χ1n) is 28.1. The molecular weight excluding hydrogens is 949 g/mol. The molecule has 2 aliphatic heterocycles. The van der Waals surface area contributed by atoms with E-state index < -0.39 is 23.1 Å². The van der Waals surface area contributed by atoms with Crippen LogP contribution in [0.1, 0.15) is 175 Å². The molecule has 14 rings (SSSR count). The lowest BCUT2D eigenvalue weighted by atomic mass is 9.52. The molecule has 2 aromatic heterocycles. The molecule has 10 aliphatic carbocycles. The van der Waals surface area contributed by atoms with Crippen LogP contribution in [0.4, 0.5) is 11.6 Å². The van der Waals surface area contributed by atoms with Crippen molar-refractivity contribution in [2.45, 2.75) is 198 Å². The summed E-state index contributed by atoms with van der Waals surface area (Å²) in [7, 11) is 0. The molecule has 2 saturated heterocycles. The van der Waals surface area contributed by atoms with E-state index in [4.69, 9.17) is 9.97 Å². The zero-order chi connectivity index (χ0) is 49.7. The van der Waals surface area contributed by atoms with Crippen molar-refractivity contribution in [2.75, 3.05) is 36.0 Å². The Morgan fingerprint density at radius 1 is 0.569 bits per heavy atom. The maximum atomic E-state index is 13.7. The van der Waals surface area contributed by atoms with Crippen LogP contribution >= 0.6 is 23.5 Å². The number of anilines is 2. The number of carboxylic acid groups (broad SMARTS) is 2. The second-order valence-corrected chi connectivity index (χ2v) is 27.1. The molecule has 4 heterocycles. The van der Waals surface area contributed by atoms with Gasteiger partial charge in [0.05, 0.1) is 28.2 Å². The summed E-state index contributed by atoms with van der Waals surface area (Å²) < 4.78 is 0. The lowest BCUT2D eigenvalue weighted by Crippen LogP contribution is -2.61. The molecule has 0 aromatic carbocycles. The van der Waals surface area contributed by atoms with Gasteiger partial charge in [0.25, 0.3) is 11.8 Å². The Balaban J connectivity index is 0.000000156. The van der Waals surface area contributed by atoms with Gasteiger partial charge in [-0.15, -0.1) is 23.5 Å². The van der Waals surface area contributed by atoms with Crippen LogP contribution in [0.15, 0.2) is 34.3 Å². The highest BCUT2D eigenvalue weighted by Crippen LogP contribution is 2.57. The van der Waals surface area contributed by atoms with Gasteiger partial charge in [0.2, 0.25) is 0 Å². The maximum absolute atomic E-state index is 13.7. The Kier molecular flexibility index (Phi) is 14.9. The van der Waals surface area contributed by atoms with Gasteiger partial charge in [0.1, 0.15) is 21.7 Å². The number of pyridine rings is 2. The Labute approximate surface area is 433 Å². The average molecular weight is 1030 g/mol. The van der Waals surface area contributed by atoms with Crippen LogP contribution in [0.5, 0.6) is 0 Å². The van der Waals surface area contributed by atoms with E-state index >= 15 is 0 Å². The summed E-state index contributed by atoms with van der Waals surface area (Å²) in [4.78, 5) is 64.4. The third kappa shape index (κ3) is 11.2. The van der Waals surface area contributed by atoms with E-state index in [1.165, 1.54) is 38.5 Å². The molecule has 10 saturated carbocycles. The molecule has 0 spiro atoms. The summed E-state index contributed by atoms with van der Waals surface area (Å²) in [5.74, 6) is 2.58. The lowest BCUT2D eigenvalue weighted by molar-refractivity contribution is -0.141. The minimum atomic E-state index is -0.749. The van der Waals surface area contributed by atoms with E-state index in [2.05, 4.69) is 15.5 Å². The number of amides is 2. The Bertz CT molecular complexity index is 2310. The highest BCUT2D eigenvalue weighted by atomic mass is 32.2. The van der Waals surface area contributed by atoms with Crippen LogP contribution in [0.2, 0.25) is 0 Å². The molecule has 16 heteroatoms. The predicted molar refractivity (Wildman–Crippen MR) is 279 cm³/mol. The van der Waals surface area contributed by atoms with Crippen molar-refractivity contribution >= 4 is 58.9 Å². The number of rotatable bonds is 13. The standard InChI is InChI=1S/C29H41N3O4S.C27H37N3O4S/c33-25(34)13-18-5-4-10-32(17-18)24-9-8-23(28(30-24)37-22-6-2-1-3-7-22)27(35)31-26-20-11-19-12-21(26)16-29(36,14-19)15-20;31-24(29-23-18-10-16-11-19(23)14-27(34,12-16)13-18)21-6-7-22(30-9-8-17(15-30)26(32)33)28-25(21)35-20-4-2-1-3-5-20/h8-9,18-22,26,36H,1-7,10-17H2,(H,31,35)(H,33,34);6-7,16-20,23,34H,1-5,8-15H2,(H,29,31)(H,32,33)/t18-,19?,20?,21?,26-,29+;16?,17?,18?,19?,23-,27+/m1./s1. The molecular formula is C56H78N6O8S2. The third-order valence-corrected chi connectivity index (χ3v) is 21.8. The number of hydrogen-bond donors (Lipinski definition) is 6. The minimum Gasteiger partial charge on any atom is -0.481 e. The van der Waals surface area contributed by atoms with Crippen LogP contribution in [-0.2, 0) is 9.59 Å². The Hall–Kier alpha value is -3.60. The normalized spacial score (nSPS) is 36.0. The van der Waals surface area contributed by atoms with Gasteiger partial charge in [-0.25, -0.2) is 9.97 Å². The molecule has 12 aliphatic rings. The van der Waals surface area contributed by atoms with Gasteiger partial charge in [-0.2, -0.15) is 0 Å². The molecule has 6 atom stereocenters. The number of aromatic nitrogens is 2. The number of carboxylic acids is 2. The van der Waals surface area contributed by atoms with Gasteiger partial charge in [0, 0.05) is 55.2 Å². The third-order valence-electron chi connectivity index (χ3n) is 19.1. The Morgan fingerprint density at radius 3 is 1.44 bits per heavy atom. The van der Waals surface area contributed by atoms with Crippen molar-refractivity contribution in [3.8, 4) is 0 Å². The van der Waals surface area contributed by atoms with Crippen LogP contribution in [0.3, 0.4) is 0 Å². The number of carbonyl (C=O) groups is 4. The van der Waals surface area contributed by atoms with E-state index in [-0.39, 0.29) is 42.2 Å². The maximum Gasteiger partial charge on any atom is 0.308 e. The van der Waals surface area contributed by atoms with Crippen molar-refractivity contribution in [1.82, 2.24) is 20.6 Å². The molecule has 5 unspecified atom stereocenters. The van der Waals surface area contributed by atoms with Gasteiger partial charge in [-0.3, -0.25) is 19.2 Å². The van der Waals surface area contributed by atoms with Gasteiger partial charge in [-0.05, 0) is 175 Å². The number of thioether (sulfide) groups is 2. The second kappa shape index (κ2) is 21.2. The molecule has 2 amide bonds. The first kappa shape index (κ1) is 50.6. The fourth-order valence-electron chi connectivity index (χ4n) is 16.2. The number of hydrogen-bond acceptors (Lipinski definition) is 12. The smallest absolute Gasteiger partial charge is 0.308 e. The van der Waals surface area contributed by atoms with Gasteiger partial charge in [-0.1, -0.05) is 38.5 Å². The van der Waals surface area contributed by atoms with Crippen LogP contribution in [0, 0.1) is 47.3 Å². The number of aliphatic carboxylic acids is 2. The highest BCUT2D eigenvalue weighted by Gasteiger charge is 2.56. The van der Waals surface area contributed by atoms with Gasteiger partial charge < -0.3 is 40.9 Å². The average Bonchev–Trinajstić information content (AvgIpc) is 3.85. The first-order valence-corrected chi connectivity index (χ1v) is 29.8. The fourth-order valence-corrected chi connectivity index (χ4v) is 18.8. The van der Waals surface area contributed by atoms with Gasteiger partial charge in [0.15, 0.2) is 0 Å². The fraction of sp³-hybridized carbons (Fsp3) is 0.750. The number of piperidine rings is 1. The van der Waals surface area contributed by atoms with Crippen LogP contribution in [0.25, 0.3) is 0 Å². The van der Waals surface area contributed by atoms with Crippen molar-refractivity contribution in [3.63, 3.8) is 0 Å². The van der Waals surface area contributed by atoms with Crippen LogP contribution < -0.4 is 20.4 Å². The van der Waals surface area contributed by atoms with E-state index in [1.54, 1.807) is 23.5 Å². The second-order valence-electron chi connectivity index (χ2n) is 24.5. The monoisotopic (exact) mass is 1030 g/mol. The number of carbonyl (C=O) groups excluding carboxylic acids is 2. The molecule has 6 N–H and O–H groups in total. The van der Waals surface area contributed by atoms with E-state index in [1.807, 2.05) is 29.2 Å². The van der Waals surface area contributed by atoms with Crippen molar-refractivity contribution in [2.24, 2.45) is 47.3 Å². The largest absolute Gasteiger partial charge is 0.481 e. The number of nitrogens with zero attached hydrogens (tertiary/aromatic N) is 4. The summed E-state index contributed by atoms with van der Waals surface area (Å²) in [6.07, 6.45) is 24.4. The number of nitrogens with one attached hydrogen (secondary N) is 2. The van der Waals surface area contributed by atoms with E-state index in [9.17, 15) is 39.6 Å². The molecule has 2 aromatic rings. The molecule has 392 valence electrons. The summed E-state index contributed by atoms with van der Waals surface area (Å²) in [6, 6.07) is 8.00. The van der Waals surface area contributed by atoms with Crippen molar-refractivity contribution in [1.29, 1.82) is 0 Å².